The molecule has 0 amide bonds. The van der Waals surface area contributed by atoms with Gasteiger partial charge >= 0.3 is 0 Å². The van der Waals surface area contributed by atoms with Crippen molar-refractivity contribution in [3.63, 3.8) is 0 Å². The summed E-state index contributed by atoms with van der Waals surface area (Å²) in [6.45, 7) is 0.672. The second kappa shape index (κ2) is 7.16. The van der Waals surface area contributed by atoms with Gasteiger partial charge < -0.3 is 10.6 Å². The first-order chi connectivity index (χ1) is 9.22. The molecule has 0 bridgehead atoms. The van der Waals surface area contributed by atoms with Crippen LogP contribution in [0.5, 0.6) is 0 Å². The highest BCUT2D eigenvalue weighted by atomic mass is 35.5. The second-order valence-electron chi connectivity index (χ2n) is 5.57. The number of anilines is 1. The molecule has 0 aromatic heterocycles. The fraction of sp³-hybridized carbons (Fsp3) is 0.625. The van der Waals surface area contributed by atoms with Gasteiger partial charge in [-0.25, -0.2) is 0 Å². The zero-order chi connectivity index (χ0) is 13.7. The highest BCUT2D eigenvalue weighted by Gasteiger charge is 2.19. The molecule has 1 aliphatic rings. The smallest absolute Gasteiger partial charge is 0.0410 e. The van der Waals surface area contributed by atoms with Crippen molar-refractivity contribution in [3.8, 4) is 0 Å². The molecule has 1 aliphatic carbocycles. The fourth-order valence-corrected chi connectivity index (χ4v) is 3.29. The molecule has 1 fully saturated rings. The zero-order valence-corrected chi connectivity index (χ0v) is 12.6. The van der Waals surface area contributed by atoms with Gasteiger partial charge in [0.05, 0.1) is 0 Å². The average molecular weight is 281 g/mol. The summed E-state index contributed by atoms with van der Waals surface area (Å²) in [4.78, 5) is 2.45. The van der Waals surface area contributed by atoms with Crippen molar-refractivity contribution in [2.24, 2.45) is 5.73 Å². The Morgan fingerprint density at radius 1 is 1.21 bits per heavy atom. The SMILES string of the molecule is CN(c1ccc(Cl)cc1CCN)C1CCCCCC1. The Kier molecular flexibility index (Phi) is 5.53. The van der Waals surface area contributed by atoms with Crippen LogP contribution in [0.1, 0.15) is 44.1 Å². The predicted octanol–water partition coefficient (Wildman–Crippen LogP) is 4.00. The summed E-state index contributed by atoms with van der Waals surface area (Å²) in [5.41, 5.74) is 8.31. The van der Waals surface area contributed by atoms with E-state index in [1.165, 1.54) is 49.8 Å². The molecule has 2 nitrogen and oxygen atoms in total. The third-order valence-electron chi connectivity index (χ3n) is 4.21. The van der Waals surface area contributed by atoms with E-state index in [1.807, 2.05) is 6.07 Å². The number of hydrogen-bond donors (Lipinski definition) is 1. The van der Waals surface area contributed by atoms with E-state index in [4.69, 9.17) is 17.3 Å². The van der Waals surface area contributed by atoms with Crippen molar-refractivity contribution in [1.29, 1.82) is 0 Å². The maximum Gasteiger partial charge on any atom is 0.0410 e. The van der Waals surface area contributed by atoms with Gasteiger partial charge in [0.1, 0.15) is 0 Å². The fourth-order valence-electron chi connectivity index (χ4n) is 3.10. The number of nitrogens with two attached hydrogens (primary N) is 1. The summed E-state index contributed by atoms with van der Waals surface area (Å²) >= 11 is 6.11. The molecule has 106 valence electrons. The minimum absolute atomic E-state index is 0.667. The molecule has 1 aromatic rings. The third kappa shape index (κ3) is 3.87. The van der Waals surface area contributed by atoms with Gasteiger partial charge in [-0.05, 0) is 49.6 Å². The Morgan fingerprint density at radius 3 is 2.53 bits per heavy atom. The van der Waals surface area contributed by atoms with Crippen molar-refractivity contribution in [3.05, 3.63) is 28.8 Å². The van der Waals surface area contributed by atoms with E-state index < -0.39 is 0 Å². The van der Waals surface area contributed by atoms with E-state index in [-0.39, 0.29) is 0 Å². The van der Waals surface area contributed by atoms with E-state index in [2.05, 4.69) is 24.1 Å². The molecule has 0 unspecified atom stereocenters. The van der Waals surface area contributed by atoms with Crippen LogP contribution in [-0.2, 0) is 6.42 Å². The lowest BCUT2D eigenvalue weighted by Crippen LogP contribution is -2.32. The molecule has 1 aromatic carbocycles. The number of hydrogen-bond acceptors (Lipinski definition) is 2. The maximum atomic E-state index is 6.11. The van der Waals surface area contributed by atoms with Crippen LogP contribution in [0.4, 0.5) is 5.69 Å². The van der Waals surface area contributed by atoms with Crippen LogP contribution in [0.2, 0.25) is 5.02 Å². The average Bonchev–Trinajstić information content (AvgIpc) is 2.67. The van der Waals surface area contributed by atoms with Gasteiger partial charge in [0.15, 0.2) is 0 Å². The maximum absolute atomic E-state index is 6.11. The first-order valence-electron chi connectivity index (χ1n) is 7.43. The van der Waals surface area contributed by atoms with Crippen molar-refractivity contribution >= 4 is 17.3 Å². The van der Waals surface area contributed by atoms with Crippen LogP contribution in [-0.4, -0.2) is 19.6 Å². The minimum Gasteiger partial charge on any atom is -0.371 e. The molecule has 0 saturated heterocycles. The number of benzene rings is 1. The van der Waals surface area contributed by atoms with E-state index in [0.717, 1.165) is 11.4 Å². The van der Waals surface area contributed by atoms with Crippen molar-refractivity contribution in [1.82, 2.24) is 0 Å². The van der Waals surface area contributed by atoms with E-state index >= 15 is 0 Å². The highest BCUT2D eigenvalue weighted by Crippen LogP contribution is 2.29. The van der Waals surface area contributed by atoms with E-state index in [1.54, 1.807) is 0 Å². The molecule has 0 spiro atoms. The first-order valence-corrected chi connectivity index (χ1v) is 7.81. The molecule has 2 rings (SSSR count). The molecule has 0 aliphatic heterocycles. The molecular weight excluding hydrogens is 256 g/mol. The molecule has 3 heteroatoms. The highest BCUT2D eigenvalue weighted by molar-refractivity contribution is 6.30. The van der Waals surface area contributed by atoms with Crippen molar-refractivity contribution in [2.45, 2.75) is 51.0 Å². The van der Waals surface area contributed by atoms with Crippen molar-refractivity contribution in [2.75, 3.05) is 18.5 Å². The van der Waals surface area contributed by atoms with Crippen LogP contribution in [0.15, 0.2) is 18.2 Å². The van der Waals surface area contributed by atoms with Gasteiger partial charge in [0.25, 0.3) is 0 Å². The number of halogens is 1. The van der Waals surface area contributed by atoms with E-state index in [9.17, 15) is 0 Å². The van der Waals surface area contributed by atoms with E-state index in [0.29, 0.717) is 12.6 Å². The Morgan fingerprint density at radius 2 is 1.89 bits per heavy atom. The van der Waals surface area contributed by atoms with Crippen LogP contribution in [0.25, 0.3) is 0 Å². The molecule has 0 atom stereocenters. The van der Waals surface area contributed by atoms with Gasteiger partial charge in [-0.2, -0.15) is 0 Å². The Labute approximate surface area is 121 Å². The second-order valence-corrected chi connectivity index (χ2v) is 6.00. The van der Waals surface area contributed by atoms with Crippen LogP contribution >= 0.6 is 11.6 Å². The standard InChI is InChI=1S/C16H25ClN2/c1-19(15-6-4-2-3-5-7-15)16-9-8-14(17)12-13(16)10-11-18/h8-9,12,15H,2-7,10-11,18H2,1H3. The predicted molar refractivity (Wildman–Crippen MR) is 84.1 cm³/mol. The lowest BCUT2D eigenvalue weighted by molar-refractivity contribution is 0.552. The lowest BCUT2D eigenvalue weighted by atomic mass is 10.0. The molecular formula is C16H25ClN2. The van der Waals surface area contributed by atoms with Gasteiger partial charge in [-0.15, -0.1) is 0 Å². The van der Waals surface area contributed by atoms with Gasteiger partial charge in [-0.1, -0.05) is 37.3 Å². The van der Waals surface area contributed by atoms with Crippen LogP contribution < -0.4 is 10.6 Å². The Balaban J connectivity index is 2.18. The summed E-state index contributed by atoms with van der Waals surface area (Å²) in [6, 6.07) is 6.87. The summed E-state index contributed by atoms with van der Waals surface area (Å²) in [5, 5.41) is 0.807. The normalized spacial score (nSPS) is 17.2. The van der Waals surface area contributed by atoms with Crippen LogP contribution in [0.3, 0.4) is 0 Å². The quantitative estimate of drug-likeness (QED) is 0.845. The molecule has 0 heterocycles. The number of rotatable bonds is 4. The summed E-state index contributed by atoms with van der Waals surface area (Å²) < 4.78 is 0. The Hall–Kier alpha value is -0.730. The summed E-state index contributed by atoms with van der Waals surface area (Å²) in [6.07, 6.45) is 9.00. The third-order valence-corrected chi connectivity index (χ3v) is 4.44. The van der Waals surface area contributed by atoms with Gasteiger partial charge in [0, 0.05) is 23.8 Å². The summed E-state index contributed by atoms with van der Waals surface area (Å²) in [5.74, 6) is 0. The molecule has 2 N–H and O–H groups in total. The van der Waals surface area contributed by atoms with Gasteiger partial charge in [0.2, 0.25) is 0 Å². The molecule has 19 heavy (non-hydrogen) atoms. The topological polar surface area (TPSA) is 29.3 Å². The summed E-state index contributed by atoms with van der Waals surface area (Å²) in [7, 11) is 2.22. The van der Waals surface area contributed by atoms with Gasteiger partial charge in [-0.3, -0.25) is 0 Å². The lowest BCUT2D eigenvalue weighted by Gasteiger charge is -2.31. The zero-order valence-electron chi connectivity index (χ0n) is 11.9. The monoisotopic (exact) mass is 280 g/mol. The van der Waals surface area contributed by atoms with Crippen molar-refractivity contribution < 1.29 is 0 Å². The number of nitrogens with zero attached hydrogens (tertiary/aromatic N) is 1. The first kappa shape index (κ1) is 14.7. The molecule has 1 saturated carbocycles. The molecule has 0 radical (unpaired) electrons. The Bertz CT molecular complexity index is 398. The van der Waals surface area contributed by atoms with Crippen LogP contribution in [0, 0.1) is 0 Å². The largest absolute Gasteiger partial charge is 0.371 e. The minimum atomic E-state index is 0.667.